The van der Waals surface area contributed by atoms with Crippen LogP contribution in [0, 0.1) is 0 Å². The normalized spacial score (nSPS) is 21.2. The monoisotopic (exact) mass is 420 g/mol. The zero-order valence-corrected chi connectivity index (χ0v) is 17.1. The molecule has 2 aromatic rings. The lowest BCUT2D eigenvalue weighted by molar-refractivity contribution is -0.136. The molecule has 160 valence electrons. The summed E-state index contributed by atoms with van der Waals surface area (Å²) in [5.41, 5.74) is 10.4. The lowest BCUT2D eigenvalue weighted by Gasteiger charge is -2.29. The molecule has 3 aliphatic rings. The zero-order chi connectivity index (χ0) is 21.5. The quantitative estimate of drug-likeness (QED) is 0.575. The molecule has 0 aromatic heterocycles. The fourth-order valence-electron chi connectivity index (χ4n) is 4.64. The SMILES string of the molecule is Nc1ccc2c(c1)CN(Cc1cccc3c1CN(C1CCC(=O)NC1=O)C3=O)CCO2. The molecule has 8 heteroatoms. The zero-order valence-electron chi connectivity index (χ0n) is 17.1. The standard InChI is InChI=1S/C23H24N4O4/c24-16-4-6-20-15(10-16)12-26(8-9-31-20)11-14-2-1-3-17-18(14)13-27(23(17)30)19-5-7-21(28)25-22(19)29/h1-4,6,10,19H,5,7-9,11-13,24H2,(H,25,28,29). The molecule has 3 heterocycles. The van der Waals surface area contributed by atoms with E-state index in [2.05, 4.69) is 10.2 Å². The first kappa shape index (κ1) is 19.6. The minimum absolute atomic E-state index is 0.149. The van der Waals surface area contributed by atoms with E-state index in [1.807, 2.05) is 36.4 Å². The van der Waals surface area contributed by atoms with E-state index in [1.54, 1.807) is 4.90 Å². The van der Waals surface area contributed by atoms with Crippen LogP contribution in [0.2, 0.25) is 0 Å². The molecule has 8 nitrogen and oxygen atoms in total. The molecule has 1 fully saturated rings. The van der Waals surface area contributed by atoms with Crippen molar-refractivity contribution in [1.29, 1.82) is 0 Å². The average Bonchev–Trinajstić information content (AvgIpc) is 2.94. The van der Waals surface area contributed by atoms with Gasteiger partial charge in [0, 0.05) is 49.4 Å². The van der Waals surface area contributed by atoms with Crippen LogP contribution in [0.25, 0.3) is 0 Å². The number of amides is 3. The average molecular weight is 420 g/mol. The van der Waals surface area contributed by atoms with Crippen LogP contribution < -0.4 is 15.8 Å². The van der Waals surface area contributed by atoms with E-state index in [1.165, 1.54) is 0 Å². The number of nitrogens with one attached hydrogen (secondary N) is 1. The Morgan fingerprint density at radius 1 is 1.13 bits per heavy atom. The molecule has 2 aromatic carbocycles. The van der Waals surface area contributed by atoms with Gasteiger partial charge in [0.05, 0.1) is 0 Å². The van der Waals surface area contributed by atoms with Gasteiger partial charge in [0.15, 0.2) is 0 Å². The fraction of sp³-hybridized carbons (Fsp3) is 0.348. The van der Waals surface area contributed by atoms with Gasteiger partial charge in [0.2, 0.25) is 11.8 Å². The molecule has 3 N–H and O–H groups in total. The third kappa shape index (κ3) is 3.63. The van der Waals surface area contributed by atoms with Crippen molar-refractivity contribution in [3.63, 3.8) is 0 Å². The number of piperidine rings is 1. The number of nitrogens with two attached hydrogens (primary N) is 1. The Balaban J connectivity index is 1.37. The van der Waals surface area contributed by atoms with Crippen LogP contribution in [-0.4, -0.2) is 46.7 Å². The molecule has 0 bridgehead atoms. The van der Waals surface area contributed by atoms with Crippen LogP contribution >= 0.6 is 0 Å². The van der Waals surface area contributed by atoms with E-state index in [0.717, 1.165) is 29.0 Å². The van der Waals surface area contributed by atoms with Gasteiger partial charge >= 0.3 is 0 Å². The van der Waals surface area contributed by atoms with E-state index < -0.39 is 11.9 Å². The molecule has 31 heavy (non-hydrogen) atoms. The van der Waals surface area contributed by atoms with Crippen molar-refractivity contribution < 1.29 is 19.1 Å². The van der Waals surface area contributed by atoms with Crippen LogP contribution in [0.4, 0.5) is 5.69 Å². The van der Waals surface area contributed by atoms with Crippen LogP contribution in [-0.2, 0) is 29.2 Å². The van der Waals surface area contributed by atoms with Gasteiger partial charge < -0.3 is 15.4 Å². The molecule has 0 aliphatic carbocycles. The summed E-state index contributed by atoms with van der Waals surface area (Å²) in [6.07, 6.45) is 0.612. The Bertz CT molecular complexity index is 1080. The number of hydrogen-bond acceptors (Lipinski definition) is 6. The molecule has 5 rings (SSSR count). The van der Waals surface area contributed by atoms with Crippen molar-refractivity contribution in [2.45, 2.75) is 38.5 Å². The largest absolute Gasteiger partial charge is 0.492 e. The second-order valence-corrected chi connectivity index (χ2v) is 8.27. The number of carbonyl (C=O) groups is 3. The van der Waals surface area contributed by atoms with Crippen molar-refractivity contribution in [2.24, 2.45) is 0 Å². The number of carbonyl (C=O) groups excluding carboxylic acids is 3. The van der Waals surface area contributed by atoms with Crippen molar-refractivity contribution >= 4 is 23.4 Å². The topological polar surface area (TPSA) is 105 Å². The number of nitrogens with zero attached hydrogens (tertiary/aromatic N) is 2. The first-order valence-electron chi connectivity index (χ1n) is 10.5. The van der Waals surface area contributed by atoms with Crippen molar-refractivity contribution in [3.8, 4) is 5.75 Å². The number of ether oxygens (including phenoxy) is 1. The van der Waals surface area contributed by atoms with Gasteiger partial charge in [-0.2, -0.15) is 0 Å². The predicted molar refractivity (Wildman–Crippen MR) is 113 cm³/mol. The Hall–Kier alpha value is -3.39. The highest BCUT2D eigenvalue weighted by atomic mass is 16.5. The molecule has 3 aliphatic heterocycles. The van der Waals surface area contributed by atoms with Gasteiger partial charge in [-0.1, -0.05) is 12.1 Å². The fourth-order valence-corrected chi connectivity index (χ4v) is 4.64. The number of rotatable bonds is 3. The Kier molecular flexibility index (Phi) is 4.86. The maximum atomic E-state index is 13.0. The minimum atomic E-state index is -0.605. The summed E-state index contributed by atoms with van der Waals surface area (Å²) in [5, 5.41) is 2.35. The highest BCUT2D eigenvalue weighted by molar-refractivity contribution is 6.05. The summed E-state index contributed by atoms with van der Waals surface area (Å²) in [5.74, 6) is 0.0334. The van der Waals surface area contributed by atoms with Gasteiger partial charge in [0.25, 0.3) is 5.91 Å². The Morgan fingerprint density at radius 3 is 2.84 bits per heavy atom. The summed E-state index contributed by atoms with van der Waals surface area (Å²) < 4.78 is 5.87. The predicted octanol–water partition coefficient (Wildman–Crippen LogP) is 1.42. The third-order valence-corrected chi connectivity index (χ3v) is 6.22. The first-order chi connectivity index (χ1) is 15.0. The molecular weight excluding hydrogens is 396 g/mol. The van der Waals surface area contributed by atoms with E-state index in [4.69, 9.17) is 10.5 Å². The maximum absolute atomic E-state index is 13.0. The summed E-state index contributed by atoms with van der Waals surface area (Å²) >= 11 is 0. The number of benzene rings is 2. The summed E-state index contributed by atoms with van der Waals surface area (Å²) in [6.45, 7) is 3.08. The van der Waals surface area contributed by atoms with Gasteiger partial charge in [-0.3, -0.25) is 24.6 Å². The van der Waals surface area contributed by atoms with Crippen LogP contribution in [0.5, 0.6) is 5.75 Å². The Morgan fingerprint density at radius 2 is 2.00 bits per heavy atom. The van der Waals surface area contributed by atoms with E-state index >= 15 is 0 Å². The Labute approximate surface area is 179 Å². The molecule has 1 saturated heterocycles. The van der Waals surface area contributed by atoms with Crippen LogP contribution in [0.3, 0.4) is 0 Å². The summed E-state index contributed by atoms with van der Waals surface area (Å²) in [7, 11) is 0. The van der Waals surface area contributed by atoms with Crippen LogP contribution in [0.1, 0.15) is 39.9 Å². The van der Waals surface area contributed by atoms with E-state index in [0.29, 0.717) is 43.9 Å². The molecule has 0 radical (unpaired) electrons. The number of imide groups is 1. The molecule has 1 unspecified atom stereocenters. The van der Waals surface area contributed by atoms with Crippen molar-refractivity contribution in [2.75, 3.05) is 18.9 Å². The van der Waals surface area contributed by atoms with E-state index in [9.17, 15) is 14.4 Å². The third-order valence-electron chi connectivity index (χ3n) is 6.22. The number of fused-ring (bicyclic) bond motifs is 2. The van der Waals surface area contributed by atoms with Gasteiger partial charge in [-0.15, -0.1) is 0 Å². The lowest BCUT2D eigenvalue weighted by Crippen LogP contribution is -2.52. The highest BCUT2D eigenvalue weighted by Gasteiger charge is 2.39. The van der Waals surface area contributed by atoms with Crippen LogP contribution in [0.15, 0.2) is 36.4 Å². The van der Waals surface area contributed by atoms with Gasteiger partial charge in [0.1, 0.15) is 18.4 Å². The smallest absolute Gasteiger partial charge is 0.255 e. The number of nitrogen functional groups attached to an aromatic ring is 1. The maximum Gasteiger partial charge on any atom is 0.255 e. The second kappa shape index (κ2) is 7.70. The molecule has 1 atom stereocenters. The molecule has 0 saturated carbocycles. The molecular formula is C23H24N4O4. The van der Waals surface area contributed by atoms with E-state index in [-0.39, 0.29) is 18.2 Å². The van der Waals surface area contributed by atoms with Gasteiger partial charge in [-0.25, -0.2) is 0 Å². The summed E-state index contributed by atoms with van der Waals surface area (Å²) in [4.78, 5) is 40.7. The number of hydrogen-bond donors (Lipinski definition) is 2. The molecule has 3 amide bonds. The van der Waals surface area contributed by atoms with Crippen molar-refractivity contribution in [1.82, 2.24) is 15.1 Å². The molecule has 0 spiro atoms. The lowest BCUT2D eigenvalue weighted by atomic mass is 10.0. The highest BCUT2D eigenvalue weighted by Crippen LogP contribution is 2.32. The number of anilines is 1. The van der Waals surface area contributed by atoms with Gasteiger partial charge in [-0.05, 0) is 41.8 Å². The first-order valence-corrected chi connectivity index (χ1v) is 10.5. The summed E-state index contributed by atoms with van der Waals surface area (Å²) in [6, 6.07) is 10.8. The minimum Gasteiger partial charge on any atom is -0.492 e. The second-order valence-electron chi connectivity index (χ2n) is 8.27. The van der Waals surface area contributed by atoms with Crippen molar-refractivity contribution in [3.05, 3.63) is 58.7 Å².